The molecule has 1 unspecified atom stereocenters. The van der Waals surface area contributed by atoms with Crippen molar-refractivity contribution < 1.29 is 18.0 Å². The summed E-state index contributed by atoms with van der Waals surface area (Å²) >= 11 is 0. The lowest BCUT2D eigenvalue weighted by molar-refractivity contribution is -0.159. The highest BCUT2D eigenvalue weighted by atomic mass is 19.4. The van der Waals surface area contributed by atoms with Crippen LogP contribution in [0.1, 0.15) is 26.7 Å². The van der Waals surface area contributed by atoms with Crippen LogP contribution in [0.3, 0.4) is 0 Å². The molecule has 6 heteroatoms. The average Bonchev–Trinajstić information content (AvgIpc) is 2.13. The molecule has 0 saturated heterocycles. The number of carbonyl (C=O) groups is 1. The fourth-order valence-electron chi connectivity index (χ4n) is 1.69. The van der Waals surface area contributed by atoms with Crippen LogP contribution in [-0.4, -0.2) is 37.1 Å². The fourth-order valence-corrected chi connectivity index (χ4v) is 1.69. The van der Waals surface area contributed by atoms with E-state index in [9.17, 15) is 18.0 Å². The Hall–Kier alpha value is -0.780. The van der Waals surface area contributed by atoms with E-state index < -0.39 is 18.6 Å². The number of hydrogen-bond donors (Lipinski definition) is 1. The molecule has 102 valence electrons. The van der Waals surface area contributed by atoms with Gasteiger partial charge in [0.15, 0.2) is 0 Å². The molecule has 0 aromatic carbocycles. The number of rotatable bonds is 6. The summed E-state index contributed by atoms with van der Waals surface area (Å²) in [6, 6.07) is 0. The van der Waals surface area contributed by atoms with Gasteiger partial charge in [-0.25, -0.2) is 0 Å². The highest BCUT2D eigenvalue weighted by Crippen LogP contribution is 2.19. The zero-order valence-corrected chi connectivity index (χ0v) is 10.5. The first-order valence-electron chi connectivity index (χ1n) is 5.66. The Bertz CT molecular complexity index is 241. The molecule has 0 rings (SSSR count). The van der Waals surface area contributed by atoms with Gasteiger partial charge in [0.25, 0.3) is 0 Å². The van der Waals surface area contributed by atoms with Crippen LogP contribution in [-0.2, 0) is 4.79 Å². The van der Waals surface area contributed by atoms with Crippen molar-refractivity contribution >= 4 is 5.91 Å². The van der Waals surface area contributed by atoms with Crippen molar-refractivity contribution in [2.45, 2.75) is 32.9 Å². The SMILES string of the molecule is CC(C)CC(CN)CC(=O)N(C)CC(F)(F)F. The first-order chi connectivity index (χ1) is 7.65. The molecular weight excluding hydrogens is 233 g/mol. The molecule has 17 heavy (non-hydrogen) atoms. The van der Waals surface area contributed by atoms with Crippen LogP contribution in [0.2, 0.25) is 0 Å². The normalized spacial score (nSPS) is 13.9. The monoisotopic (exact) mass is 254 g/mol. The molecule has 0 aliphatic rings. The zero-order chi connectivity index (χ0) is 13.6. The van der Waals surface area contributed by atoms with E-state index in [1.165, 1.54) is 7.05 Å². The smallest absolute Gasteiger partial charge is 0.337 e. The molecule has 0 fully saturated rings. The second-order valence-electron chi connectivity index (χ2n) is 4.80. The summed E-state index contributed by atoms with van der Waals surface area (Å²) in [7, 11) is 1.17. The summed E-state index contributed by atoms with van der Waals surface area (Å²) in [5, 5.41) is 0. The van der Waals surface area contributed by atoms with E-state index in [4.69, 9.17) is 5.73 Å². The minimum atomic E-state index is -4.35. The van der Waals surface area contributed by atoms with Crippen molar-refractivity contribution in [2.75, 3.05) is 20.1 Å². The molecule has 2 N–H and O–H groups in total. The minimum absolute atomic E-state index is 0.0433. The van der Waals surface area contributed by atoms with Crippen LogP contribution in [0.25, 0.3) is 0 Å². The van der Waals surface area contributed by atoms with Crippen LogP contribution in [0, 0.1) is 11.8 Å². The van der Waals surface area contributed by atoms with Gasteiger partial charge in [-0.3, -0.25) is 4.79 Å². The lowest BCUT2D eigenvalue weighted by Gasteiger charge is -2.22. The van der Waals surface area contributed by atoms with Crippen LogP contribution >= 0.6 is 0 Å². The van der Waals surface area contributed by atoms with E-state index in [1.54, 1.807) is 0 Å². The van der Waals surface area contributed by atoms with Crippen molar-refractivity contribution in [3.63, 3.8) is 0 Å². The Labute approximate surface area is 100 Å². The summed E-state index contributed by atoms with van der Waals surface area (Å²) in [6.45, 7) is 3.10. The van der Waals surface area contributed by atoms with E-state index in [1.807, 2.05) is 13.8 Å². The summed E-state index contributed by atoms with van der Waals surface area (Å²) < 4.78 is 36.2. The summed E-state index contributed by atoms with van der Waals surface area (Å²) in [5.41, 5.74) is 5.50. The third-order valence-corrected chi connectivity index (χ3v) is 2.44. The molecule has 0 aromatic heterocycles. The standard InChI is InChI=1S/C11H21F3N2O/c1-8(2)4-9(6-15)5-10(17)16(3)7-11(12,13)14/h8-9H,4-7,15H2,1-3H3. The highest BCUT2D eigenvalue weighted by molar-refractivity contribution is 5.76. The Morgan fingerprint density at radius 2 is 1.88 bits per heavy atom. The molecule has 0 spiro atoms. The number of halogens is 3. The van der Waals surface area contributed by atoms with Gasteiger partial charge in [-0.15, -0.1) is 0 Å². The first-order valence-corrected chi connectivity index (χ1v) is 5.66. The van der Waals surface area contributed by atoms with E-state index in [-0.39, 0.29) is 12.3 Å². The van der Waals surface area contributed by atoms with Crippen molar-refractivity contribution in [1.82, 2.24) is 4.90 Å². The number of carbonyl (C=O) groups excluding carboxylic acids is 1. The number of hydrogen-bond acceptors (Lipinski definition) is 2. The van der Waals surface area contributed by atoms with Gasteiger partial charge in [0.05, 0.1) is 0 Å². The van der Waals surface area contributed by atoms with E-state index in [0.717, 1.165) is 6.42 Å². The van der Waals surface area contributed by atoms with Gasteiger partial charge >= 0.3 is 6.18 Å². The third-order valence-electron chi connectivity index (χ3n) is 2.44. The molecule has 0 bridgehead atoms. The Kier molecular flexibility index (Phi) is 6.52. The second kappa shape index (κ2) is 6.83. The molecule has 0 saturated carbocycles. The molecule has 1 atom stereocenters. The van der Waals surface area contributed by atoms with E-state index in [0.29, 0.717) is 17.4 Å². The maximum Gasteiger partial charge on any atom is 0.406 e. The molecule has 3 nitrogen and oxygen atoms in total. The molecule has 0 radical (unpaired) electrons. The first kappa shape index (κ1) is 16.2. The summed E-state index contributed by atoms with van der Waals surface area (Å²) in [4.78, 5) is 12.3. The van der Waals surface area contributed by atoms with Crippen molar-refractivity contribution in [1.29, 1.82) is 0 Å². The third kappa shape index (κ3) is 8.01. The van der Waals surface area contributed by atoms with Gasteiger partial charge in [0.2, 0.25) is 5.91 Å². The van der Waals surface area contributed by atoms with Gasteiger partial charge in [-0.1, -0.05) is 13.8 Å². The maximum atomic E-state index is 12.1. The largest absolute Gasteiger partial charge is 0.406 e. The number of nitrogens with two attached hydrogens (primary N) is 1. The van der Waals surface area contributed by atoms with Gasteiger partial charge in [-0.2, -0.15) is 13.2 Å². The zero-order valence-electron chi connectivity index (χ0n) is 10.5. The molecule has 0 aliphatic carbocycles. The number of amides is 1. The molecule has 0 aliphatic heterocycles. The molecular formula is C11H21F3N2O. The molecule has 0 aromatic rings. The van der Waals surface area contributed by atoms with E-state index >= 15 is 0 Å². The fraction of sp³-hybridized carbons (Fsp3) is 0.909. The number of alkyl halides is 3. The van der Waals surface area contributed by atoms with Gasteiger partial charge in [0, 0.05) is 13.5 Å². The van der Waals surface area contributed by atoms with Gasteiger partial charge < -0.3 is 10.6 Å². The maximum absolute atomic E-state index is 12.1. The Balaban J connectivity index is 4.22. The summed E-state index contributed by atoms with van der Waals surface area (Å²) in [6.07, 6.45) is -3.51. The quantitative estimate of drug-likeness (QED) is 0.788. The molecule has 1 amide bonds. The lowest BCUT2D eigenvalue weighted by atomic mass is 9.94. The number of nitrogens with zero attached hydrogens (tertiary/aromatic N) is 1. The van der Waals surface area contributed by atoms with Crippen molar-refractivity contribution in [3.05, 3.63) is 0 Å². The van der Waals surface area contributed by atoms with Gasteiger partial charge in [-0.05, 0) is 24.8 Å². The Morgan fingerprint density at radius 3 is 2.24 bits per heavy atom. The average molecular weight is 254 g/mol. The van der Waals surface area contributed by atoms with Gasteiger partial charge in [0.1, 0.15) is 6.54 Å². The topological polar surface area (TPSA) is 46.3 Å². The van der Waals surface area contributed by atoms with E-state index in [2.05, 4.69) is 0 Å². The highest BCUT2D eigenvalue weighted by Gasteiger charge is 2.31. The van der Waals surface area contributed by atoms with Crippen molar-refractivity contribution in [2.24, 2.45) is 17.6 Å². The minimum Gasteiger partial charge on any atom is -0.337 e. The lowest BCUT2D eigenvalue weighted by Crippen LogP contribution is -2.37. The van der Waals surface area contributed by atoms with Crippen LogP contribution in [0.5, 0.6) is 0 Å². The second-order valence-corrected chi connectivity index (χ2v) is 4.80. The summed E-state index contributed by atoms with van der Waals surface area (Å²) in [5.74, 6) is -0.166. The van der Waals surface area contributed by atoms with Crippen molar-refractivity contribution in [3.8, 4) is 0 Å². The van der Waals surface area contributed by atoms with Crippen LogP contribution in [0.15, 0.2) is 0 Å². The Morgan fingerprint density at radius 1 is 1.35 bits per heavy atom. The van der Waals surface area contributed by atoms with Crippen LogP contribution < -0.4 is 5.73 Å². The van der Waals surface area contributed by atoms with Crippen LogP contribution in [0.4, 0.5) is 13.2 Å². The predicted molar refractivity (Wildman–Crippen MR) is 60.3 cm³/mol. The predicted octanol–water partition coefficient (Wildman–Crippen LogP) is 2.02. The molecule has 0 heterocycles.